The summed E-state index contributed by atoms with van der Waals surface area (Å²) in [5.41, 5.74) is 1.20. The van der Waals surface area contributed by atoms with Crippen LogP contribution < -0.4 is 14.8 Å². The van der Waals surface area contributed by atoms with E-state index in [1.807, 2.05) is 12.1 Å². The second kappa shape index (κ2) is 4.78. The summed E-state index contributed by atoms with van der Waals surface area (Å²) in [6.45, 7) is 3.34. The van der Waals surface area contributed by atoms with Crippen LogP contribution >= 0.6 is 0 Å². The van der Waals surface area contributed by atoms with E-state index in [9.17, 15) is 5.11 Å². The molecule has 1 unspecified atom stereocenters. The van der Waals surface area contributed by atoms with Crippen LogP contribution in [0.2, 0.25) is 0 Å². The van der Waals surface area contributed by atoms with Gasteiger partial charge in [0, 0.05) is 12.0 Å². The van der Waals surface area contributed by atoms with E-state index in [4.69, 9.17) is 9.47 Å². The normalized spacial score (nSPS) is 26.3. The van der Waals surface area contributed by atoms with E-state index in [0.717, 1.165) is 37.4 Å². The third kappa shape index (κ3) is 2.18. The maximum Gasteiger partial charge on any atom is 0.161 e. The minimum Gasteiger partial charge on any atom is -0.486 e. The van der Waals surface area contributed by atoms with Crippen LogP contribution in [0.4, 0.5) is 0 Å². The average Bonchev–Trinajstić information content (AvgIpc) is 2.88. The van der Waals surface area contributed by atoms with Gasteiger partial charge in [0.15, 0.2) is 11.5 Å². The second-order valence-electron chi connectivity index (χ2n) is 5.24. The number of fused-ring (bicyclic) bond motifs is 1. The van der Waals surface area contributed by atoms with Crippen molar-refractivity contribution in [3.63, 3.8) is 0 Å². The van der Waals surface area contributed by atoms with Gasteiger partial charge in [0.1, 0.15) is 13.2 Å². The highest BCUT2D eigenvalue weighted by atomic mass is 16.6. The van der Waals surface area contributed by atoms with E-state index < -0.39 is 0 Å². The van der Waals surface area contributed by atoms with Gasteiger partial charge >= 0.3 is 0 Å². The first kappa shape index (κ1) is 11.8. The van der Waals surface area contributed by atoms with Crippen molar-refractivity contribution in [2.24, 2.45) is 5.41 Å². The van der Waals surface area contributed by atoms with Gasteiger partial charge in [-0.3, -0.25) is 0 Å². The summed E-state index contributed by atoms with van der Waals surface area (Å²) in [6.07, 6.45) is 1.91. The Morgan fingerprint density at radius 2 is 2.06 bits per heavy atom. The lowest BCUT2D eigenvalue weighted by Crippen LogP contribution is -2.30. The van der Waals surface area contributed by atoms with Crippen molar-refractivity contribution in [3.05, 3.63) is 23.8 Å². The van der Waals surface area contributed by atoms with Gasteiger partial charge in [-0.05, 0) is 37.1 Å². The quantitative estimate of drug-likeness (QED) is 0.838. The Morgan fingerprint density at radius 1 is 1.22 bits per heavy atom. The summed E-state index contributed by atoms with van der Waals surface area (Å²) < 4.78 is 11.1. The smallest absolute Gasteiger partial charge is 0.161 e. The minimum absolute atomic E-state index is 0.0102. The van der Waals surface area contributed by atoms with Crippen molar-refractivity contribution in [3.8, 4) is 11.5 Å². The van der Waals surface area contributed by atoms with Crippen molar-refractivity contribution in [1.29, 1.82) is 0 Å². The van der Waals surface area contributed by atoms with E-state index in [2.05, 4.69) is 11.4 Å². The molecule has 0 radical (unpaired) electrons. The van der Waals surface area contributed by atoms with E-state index in [0.29, 0.717) is 13.2 Å². The molecule has 2 N–H and O–H groups in total. The predicted octanol–water partition coefficient (Wildman–Crippen LogP) is 0.972. The van der Waals surface area contributed by atoms with Crippen LogP contribution in [-0.4, -0.2) is 38.0 Å². The van der Waals surface area contributed by atoms with Gasteiger partial charge in [-0.15, -0.1) is 0 Å². The molecule has 0 bridgehead atoms. The molecule has 2 heterocycles. The molecule has 1 aromatic carbocycles. The Morgan fingerprint density at radius 3 is 2.78 bits per heavy atom. The molecule has 1 aromatic rings. The zero-order valence-electron chi connectivity index (χ0n) is 10.4. The van der Waals surface area contributed by atoms with Crippen molar-refractivity contribution in [1.82, 2.24) is 5.32 Å². The monoisotopic (exact) mass is 249 g/mol. The van der Waals surface area contributed by atoms with E-state index in [1.165, 1.54) is 5.56 Å². The Kier molecular flexibility index (Phi) is 3.14. The number of rotatable bonds is 3. The van der Waals surface area contributed by atoms with Gasteiger partial charge in [-0.1, -0.05) is 6.07 Å². The van der Waals surface area contributed by atoms with Crippen LogP contribution in [0.15, 0.2) is 18.2 Å². The standard InChI is InChI=1S/C14H19NO3/c16-10-14(3-4-15-9-14)8-11-1-2-12-13(7-11)18-6-5-17-12/h1-2,7,15-16H,3-6,8-10H2. The average molecular weight is 249 g/mol. The number of nitrogens with one attached hydrogen (secondary N) is 1. The molecule has 2 aliphatic rings. The molecule has 0 aliphatic carbocycles. The molecule has 98 valence electrons. The molecule has 3 rings (SSSR count). The molecule has 0 spiro atoms. The van der Waals surface area contributed by atoms with Gasteiger partial charge in [-0.25, -0.2) is 0 Å². The van der Waals surface area contributed by atoms with Crippen LogP contribution in [0.25, 0.3) is 0 Å². The van der Waals surface area contributed by atoms with Crippen LogP contribution in [-0.2, 0) is 6.42 Å². The summed E-state index contributed by atoms with van der Waals surface area (Å²) in [4.78, 5) is 0. The number of benzene rings is 1. The van der Waals surface area contributed by atoms with Gasteiger partial charge < -0.3 is 19.9 Å². The first-order valence-corrected chi connectivity index (χ1v) is 6.51. The highest BCUT2D eigenvalue weighted by molar-refractivity contribution is 5.44. The first-order valence-electron chi connectivity index (χ1n) is 6.51. The largest absolute Gasteiger partial charge is 0.486 e. The van der Waals surface area contributed by atoms with Crippen LogP contribution in [0.1, 0.15) is 12.0 Å². The molecule has 0 saturated carbocycles. The predicted molar refractivity (Wildman–Crippen MR) is 68.1 cm³/mol. The third-order valence-electron chi connectivity index (χ3n) is 3.85. The van der Waals surface area contributed by atoms with E-state index in [-0.39, 0.29) is 12.0 Å². The first-order chi connectivity index (χ1) is 8.81. The van der Waals surface area contributed by atoms with Crippen molar-refractivity contribution < 1.29 is 14.6 Å². The lowest BCUT2D eigenvalue weighted by molar-refractivity contribution is 0.142. The molecular formula is C14H19NO3. The van der Waals surface area contributed by atoms with Crippen molar-refractivity contribution in [2.75, 3.05) is 32.9 Å². The highest BCUT2D eigenvalue weighted by Crippen LogP contribution is 2.35. The number of aliphatic hydroxyl groups is 1. The minimum atomic E-state index is -0.0102. The van der Waals surface area contributed by atoms with Crippen molar-refractivity contribution in [2.45, 2.75) is 12.8 Å². The Hall–Kier alpha value is -1.26. The molecule has 1 saturated heterocycles. The fourth-order valence-electron chi connectivity index (χ4n) is 2.77. The lowest BCUT2D eigenvalue weighted by Gasteiger charge is -2.26. The van der Waals surface area contributed by atoms with Gasteiger partial charge in [0.05, 0.1) is 6.61 Å². The van der Waals surface area contributed by atoms with Crippen molar-refractivity contribution >= 4 is 0 Å². The van der Waals surface area contributed by atoms with Crippen LogP contribution in [0.5, 0.6) is 11.5 Å². The Balaban J connectivity index is 1.80. The lowest BCUT2D eigenvalue weighted by atomic mass is 9.81. The van der Waals surface area contributed by atoms with Gasteiger partial charge in [0.2, 0.25) is 0 Å². The molecule has 18 heavy (non-hydrogen) atoms. The number of aliphatic hydroxyl groups excluding tert-OH is 1. The SMILES string of the molecule is OCC1(Cc2ccc3c(c2)OCCO3)CCNC1. The fourth-order valence-corrected chi connectivity index (χ4v) is 2.77. The molecule has 4 heteroatoms. The summed E-state index contributed by atoms with van der Waals surface area (Å²) >= 11 is 0. The Bertz CT molecular complexity index is 427. The summed E-state index contributed by atoms with van der Waals surface area (Å²) in [5, 5.41) is 13.0. The molecule has 1 fully saturated rings. The van der Waals surface area contributed by atoms with Gasteiger partial charge in [-0.2, -0.15) is 0 Å². The maximum atomic E-state index is 9.62. The highest BCUT2D eigenvalue weighted by Gasteiger charge is 2.33. The topological polar surface area (TPSA) is 50.7 Å². The van der Waals surface area contributed by atoms with Gasteiger partial charge in [0.25, 0.3) is 0 Å². The summed E-state index contributed by atoms with van der Waals surface area (Å²) in [7, 11) is 0. The van der Waals surface area contributed by atoms with E-state index >= 15 is 0 Å². The summed E-state index contributed by atoms with van der Waals surface area (Å²) in [5.74, 6) is 1.66. The van der Waals surface area contributed by atoms with Crippen LogP contribution in [0, 0.1) is 5.41 Å². The molecule has 0 amide bonds. The summed E-state index contributed by atoms with van der Waals surface area (Å²) in [6, 6.07) is 6.09. The van der Waals surface area contributed by atoms with E-state index in [1.54, 1.807) is 0 Å². The second-order valence-corrected chi connectivity index (χ2v) is 5.24. The number of hydrogen-bond donors (Lipinski definition) is 2. The number of ether oxygens (including phenoxy) is 2. The molecule has 2 aliphatic heterocycles. The molecule has 4 nitrogen and oxygen atoms in total. The zero-order chi connectivity index (χ0) is 12.4. The molecule has 1 atom stereocenters. The number of hydrogen-bond acceptors (Lipinski definition) is 4. The third-order valence-corrected chi connectivity index (χ3v) is 3.85. The maximum absolute atomic E-state index is 9.62. The van der Waals surface area contributed by atoms with Crippen LogP contribution in [0.3, 0.4) is 0 Å². The zero-order valence-corrected chi connectivity index (χ0v) is 10.4. The fraction of sp³-hybridized carbons (Fsp3) is 0.571. The molecular weight excluding hydrogens is 230 g/mol. The molecule has 0 aromatic heterocycles. The Labute approximate surface area is 107 Å².